The monoisotopic (exact) mass is 286 g/mol. The molecule has 0 aliphatic carbocycles. The Morgan fingerprint density at radius 3 is 2.56 bits per heavy atom. The van der Waals surface area contributed by atoms with Crippen molar-refractivity contribution in [3.8, 4) is 5.75 Å². The normalized spacial score (nSPS) is 12.3. The molecule has 3 nitrogen and oxygen atoms in total. The molecule has 0 saturated heterocycles. The Kier molecular flexibility index (Phi) is 4.80. The lowest BCUT2D eigenvalue weighted by Crippen LogP contribution is -2.33. The van der Waals surface area contributed by atoms with Crippen LogP contribution in [0.15, 0.2) is 28.7 Å². The van der Waals surface area contributed by atoms with E-state index < -0.39 is 6.10 Å². The third-order valence-corrected chi connectivity index (χ3v) is 2.59. The van der Waals surface area contributed by atoms with E-state index in [-0.39, 0.29) is 11.9 Å². The van der Waals surface area contributed by atoms with Gasteiger partial charge >= 0.3 is 5.97 Å². The molecule has 1 unspecified atom stereocenters. The van der Waals surface area contributed by atoms with E-state index in [1.165, 1.54) is 7.11 Å². The Bertz CT molecular complexity index is 363. The molecule has 0 aliphatic heterocycles. The Morgan fingerprint density at radius 1 is 1.38 bits per heavy atom. The maximum absolute atomic E-state index is 11.5. The van der Waals surface area contributed by atoms with Gasteiger partial charge in [-0.2, -0.15) is 0 Å². The van der Waals surface area contributed by atoms with Gasteiger partial charge in [0.1, 0.15) is 5.75 Å². The van der Waals surface area contributed by atoms with Gasteiger partial charge in [0.05, 0.1) is 7.11 Å². The lowest BCUT2D eigenvalue weighted by Gasteiger charge is -2.20. The SMILES string of the molecule is COC(=O)C(Oc1cccc(Br)c1)C(C)C. The molecule has 0 bridgehead atoms. The standard InChI is InChI=1S/C12H15BrO3/c1-8(2)11(12(14)15-3)16-10-6-4-5-9(13)7-10/h4-8,11H,1-3H3. The first-order valence-electron chi connectivity index (χ1n) is 5.04. The molecule has 4 heteroatoms. The topological polar surface area (TPSA) is 35.5 Å². The van der Waals surface area contributed by atoms with Gasteiger partial charge in [0.15, 0.2) is 6.10 Å². The second-order valence-corrected chi connectivity index (χ2v) is 4.68. The molecule has 0 heterocycles. The number of carbonyl (C=O) groups excluding carboxylic acids is 1. The van der Waals surface area contributed by atoms with Crippen molar-refractivity contribution in [1.82, 2.24) is 0 Å². The van der Waals surface area contributed by atoms with Crippen molar-refractivity contribution in [2.75, 3.05) is 7.11 Å². The summed E-state index contributed by atoms with van der Waals surface area (Å²) in [6.07, 6.45) is -0.570. The number of methoxy groups -OCH3 is 1. The summed E-state index contributed by atoms with van der Waals surface area (Å²) < 4.78 is 11.2. The van der Waals surface area contributed by atoms with Crippen molar-refractivity contribution in [2.24, 2.45) is 5.92 Å². The van der Waals surface area contributed by atoms with Crippen molar-refractivity contribution in [3.63, 3.8) is 0 Å². The van der Waals surface area contributed by atoms with Gasteiger partial charge in [-0.05, 0) is 18.2 Å². The predicted octanol–water partition coefficient (Wildman–Crippen LogP) is 3.03. The summed E-state index contributed by atoms with van der Waals surface area (Å²) in [7, 11) is 1.36. The minimum atomic E-state index is -0.570. The Balaban J connectivity index is 2.79. The summed E-state index contributed by atoms with van der Waals surface area (Å²) in [4.78, 5) is 11.5. The molecule has 88 valence electrons. The van der Waals surface area contributed by atoms with Gasteiger partial charge in [-0.1, -0.05) is 35.8 Å². The van der Waals surface area contributed by atoms with E-state index in [9.17, 15) is 4.79 Å². The third-order valence-electron chi connectivity index (χ3n) is 2.10. The van der Waals surface area contributed by atoms with Crippen LogP contribution in [0.5, 0.6) is 5.75 Å². The van der Waals surface area contributed by atoms with E-state index in [4.69, 9.17) is 9.47 Å². The highest BCUT2D eigenvalue weighted by Crippen LogP contribution is 2.21. The van der Waals surface area contributed by atoms with Crippen LogP contribution >= 0.6 is 15.9 Å². The molecule has 0 aromatic heterocycles. The molecule has 16 heavy (non-hydrogen) atoms. The number of ether oxygens (including phenoxy) is 2. The minimum Gasteiger partial charge on any atom is -0.478 e. The van der Waals surface area contributed by atoms with Gasteiger partial charge < -0.3 is 9.47 Å². The minimum absolute atomic E-state index is 0.0615. The molecular weight excluding hydrogens is 272 g/mol. The van der Waals surface area contributed by atoms with Crippen molar-refractivity contribution in [3.05, 3.63) is 28.7 Å². The number of hydrogen-bond acceptors (Lipinski definition) is 3. The summed E-state index contributed by atoms with van der Waals surface area (Å²) in [5, 5.41) is 0. The maximum atomic E-state index is 11.5. The molecule has 0 spiro atoms. The van der Waals surface area contributed by atoms with Gasteiger partial charge in [0.25, 0.3) is 0 Å². The number of halogens is 1. The smallest absolute Gasteiger partial charge is 0.347 e. The average molecular weight is 287 g/mol. The fourth-order valence-electron chi connectivity index (χ4n) is 1.26. The lowest BCUT2D eigenvalue weighted by atomic mass is 10.1. The average Bonchev–Trinajstić information content (AvgIpc) is 2.24. The van der Waals surface area contributed by atoms with Crippen LogP contribution in [0, 0.1) is 5.92 Å². The van der Waals surface area contributed by atoms with E-state index in [1.54, 1.807) is 0 Å². The Morgan fingerprint density at radius 2 is 2.06 bits per heavy atom. The summed E-state index contributed by atoms with van der Waals surface area (Å²) in [5.41, 5.74) is 0. The lowest BCUT2D eigenvalue weighted by molar-refractivity contribution is -0.150. The van der Waals surface area contributed by atoms with Gasteiger partial charge in [-0.15, -0.1) is 0 Å². The molecule has 1 atom stereocenters. The van der Waals surface area contributed by atoms with Crippen molar-refractivity contribution in [2.45, 2.75) is 20.0 Å². The highest BCUT2D eigenvalue weighted by Gasteiger charge is 2.24. The molecular formula is C12H15BrO3. The molecule has 0 N–H and O–H groups in total. The van der Waals surface area contributed by atoms with Crippen molar-refractivity contribution >= 4 is 21.9 Å². The second kappa shape index (κ2) is 5.89. The van der Waals surface area contributed by atoms with Crippen LogP contribution in [0.3, 0.4) is 0 Å². The molecule has 0 fully saturated rings. The molecule has 0 saturated carbocycles. The van der Waals surface area contributed by atoms with Crippen LogP contribution in [-0.2, 0) is 9.53 Å². The fourth-order valence-corrected chi connectivity index (χ4v) is 1.64. The van der Waals surface area contributed by atoms with Gasteiger partial charge in [0.2, 0.25) is 0 Å². The number of hydrogen-bond donors (Lipinski definition) is 0. The van der Waals surface area contributed by atoms with Crippen molar-refractivity contribution < 1.29 is 14.3 Å². The summed E-state index contributed by atoms with van der Waals surface area (Å²) in [5.74, 6) is 0.361. The number of carbonyl (C=O) groups is 1. The zero-order valence-corrected chi connectivity index (χ0v) is 11.2. The Hall–Kier alpha value is -1.03. The highest BCUT2D eigenvalue weighted by atomic mass is 79.9. The molecule has 0 amide bonds. The molecule has 1 rings (SSSR count). The van der Waals surface area contributed by atoms with E-state index in [1.807, 2.05) is 38.1 Å². The fraction of sp³-hybridized carbons (Fsp3) is 0.417. The summed E-state index contributed by atoms with van der Waals surface area (Å²) >= 11 is 3.35. The molecule has 1 aromatic carbocycles. The predicted molar refractivity (Wildman–Crippen MR) is 65.4 cm³/mol. The molecule has 0 radical (unpaired) electrons. The zero-order valence-electron chi connectivity index (χ0n) is 9.57. The second-order valence-electron chi connectivity index (χ2n) is 3.76. The number of rotatable bonds is 4. The van der Waals surface area contributed by atoms with E-state index in [2.05, 4.69) is 15.9 Å². The highest BCUT2D eigenvalue weighted by molar-refractivity contribution is 9.10. The van der Waals surface area contributed by atoms with Crippen molar-refractivity contribution in [1.29, 1.82) is 0 Å². The molecule has 1 aromatic rings. The Labute approximate surface area is 104 Å². The number of esters is 1. The largest absolute Gasteiger partial charge is 0.478 e. The van der Waals surface area contributed by atoms with Crippen LogP contribution in [0.25, 0.3) is 0 Å². The van der Waals surface area contributed by atoms with Crippen LogP contribution in [0.2, 0.25) is 0 Å². The van der Waals surface area contributed by atoms with E-state index >= 15 is 0 Å². The number of benzene rings is 1. The van der Waals surface area contributed by atoms with Crippen LogP contribution in [-0.4, -0.2) is 19.2 Å². The first-order valence-corrected chi connectivity index (χ1v) is 5.84. The van der Waals surface area contributed by atoms with Gasteiger partial charge in [-0.25, -0.2) is 4.79 Å². The van der Waals surface area contributed by atoms with Gasteiger partial charge in [-0.3, -0.25) is 0 Å². The first-order chi connectivity index (χ1) is 7.54. The summed E-state index contributed by atoms with van der Waals surface area (Å²) in [6, 6.07) is 7.38. The molecule has 0 aliphatic rings. The van der Waals surface area contributed by atoms with E-state index in [0.717, 1.165) is 4.47 Å². The van der Waals surface area contributed by atoms with Gasteiger partial charge in [0, 0.05) is 10.4 Å². The zero-order chi connectivity index (χ0) is 12.1. The first kappa shape index (κ1) is 13.0. The van der Waals surface area contributed by atoms with Crippen LogP contribution in [0.4, 0.5) is 0 Å². The van der Waals surface area contributed by atoms with Crippen LogP contribution in [0.1, 0.15) is 13.8 Å². The van der Waals surface area contributed by atoms with E-state index in [0.29, 0.717) is 5.75 Å². The quantitative estimate of drug-likeness (QED) is 0.798. The van der Waals surface area contributed by atoms with Crippen LogP contribution < -0.4 is 4.74 Å². The third kappa shape index (κ3) is 3.52. The summed E-state index contributed by atoms with van der Waals surface area (Å²) in [6.45, 7) is 3.83. The maximum Gasteiger partial charge on any atom is 0.347 e.